The molecule has 2 rings (SSSR count). The molecule has 0 atom stereocenters. The third-order valence-corrected chi connectivity index (χ3v) is 5.20. The largest absolute Gasteiger partial charge is 0.352 e. The van der Waals surface area contributed by atoms with E-state index in [4.69, 9.17) is 11.6 Å². The van der Waals surface area contributed by atoms with E-state index in [0.29, 0.717) is 17.3 Å². The van der Waals surface area contributed by atoms with Gasteiger partial charge >= 0.3 is 0 Å². The van der Waals surface area contributed by atoms with Crippen LogP contribution in [0.15, 0.2) is 42.7 Å². The maximum atomic E-state index is 12.1. The third-order valence-electron chi connectivity index (χ3n) is 3.60. The maximum absolute atomic E-state index is 12.1. The number of nitrogens with zero attached hydrogens (tertiary/aromatic N) is 2. The summed E-state index contributed by atoms with van der Waals surface area (Å²) in [5.41, 5.74) is 2.17. The lowest BCUT2D eigenvalue weighted by molar-refractivity contribution is -0.121. The third kappa shape index (κ3) is 5.72. The number of benzene rings is 1. The van der Waals surface area contributed by atoms with Crippen LogP contribution in [-0.4, -0.2) is 32.1 Å². The molecule has 6 nitrogen and oxygen atoms in total. The Morgan fingerprint density at radius 3 is 2.68 bits per heavy atom. The van der Waals surface area contributed by atoms with Crippen LogP contribution in [0.4, 0.5) is 5.69 Å². The summed E-state index contributed by atoms with van der Waals surface area (Å²) in [6.07, 6.45) is 4.46. The van der Waals surface area contributed by atoms with Crippen molar-refractivity contribution in [3.8, 4) is 0 Å². The molecule has 0 aliphatic rings. The molecule has 0 unspecified atom stereocenters. The molecule has 134 valence electrons. The number of halogens is 1. The highest BCUT2D eigenvalue weighted by Crippen LogP contribution is 2.25. The van der Waals surface area contributed by atoms with Crippen LogP contribution in [0.1, 0.15) is 17.5 Å². The Bertz CT molecular complexity index is 841. The molecule has 0 bridgehead atoms. The summed E-state index contributed by atoms with van der Waals surface area (Å²) >= 11 is 6.08. The molecule has 1 aromatic heterocycles. The number of nitrogens with one attached hydrogen (secondary N) is 1. The van der Waals surface area contributed by atoms with Crippen LogP contribution in [0.5, 0.6) is 0 Å². The van der Waals surface area contributed by atoms with Gasteiger partial charge in [0.25, 0.3) is 0 Å². The van der Waals surface area contributed by atoms with Crippen molar-refractivity contribution in [3.05, 3.63) is 58.9 Å². The van der Waals surface area contributed by atoms with Gasteiger partial charge in [-0.15, -0.1) is 0 Å². The van der Waals surface area contributed by atoms with Crippen molar-refractivity contribution in [1.82, 2.24) is 10.3 Å². The average Bonchev–Trinajstić information content (AvgIpc) is 2.56. The highest BCUT2D eigenvalue weighted by Gasteiger charge is 2.19. The monoisotopic (exact) mass is 381 g/mol. The Labute approximate surface area is 152 Å². The molecule has 0 fully saturated rings. The fraction of sp³-hybridized carbons (Fsp3) is 0.294. The second-order valence-corrected chi connectivity index (χ2v) is 7.97. The van der Waals surface area contributed by atoms with E-state index >= 15 is 0 Å². The number of amides is 1. The van der Waals surface area contributed by atoms with Gasteiger partial charge in [0, 0.05) is 36.9 Å². The molecule has 0 saturated heterocycles. The van der Waals surface area contributed by atoms with Crippen LogP contribution >= 0.6 is 11.6 Å². The zero-order valence-electron chi connectivity index (χ0n) is 14.1. The minimum Gasteiger partial charge on any atom is -0.352 e. The topological polar surface area (TPSA) is 79.4 Å². The number of aromatic nitrogens is 1. The summed E-state index contributed by atoms with van der Waals surface area (Å²) in [5.74, 6) is -0.240. The molecule has 0 saturated carbocycles. The van der Waals surface area contributed by atoms with Crippen LogP contribution < -0.4 is 9.62 Å². The summed E-state index contributed by atoms with van der Waals surface area (Å²) in [4.78, 5) is 16.0. The number of carbonyl (C=O) groups is 1. The van der Waals surface area contributed by atoms with Gasteiger partial charge in [0.1, 0.15) is 0 Å². The van der Waals surface area contributed by atoms with E-state index in [1.54, 1.807) is 36.7 Å². The van der Waals surface area contributed by atoms with Gasteiger partial charge < -0.3 is 5.32 Å². The van der Waals surface area contributed by atoms with Crippen molar-refractivity contribution < 1.29 is 13.2 Å². The number of pyridine rings is 1. The van der Waals surface area contributed by atoms with E-state index in [2.05, 4.69) is 10.3 Å². The SMILES string of the molecule is Cc1ccc(N(CCC(=O)NCc2cccnc2)S(C)(=O)=O)cc1Cl. The number of sulfonamides is 1. The lowest BCUT2D eigenvalue weighted by Crippen LogP contribution is -2.34. The summed E-state index contributed by atoms with van der Waals surface area (Å²) in [5, 5.41) is 3.23. The molecule has 8 heteroatoms. The predicted molar refractivity (Wildman–Crippen MR) is 99.1 cm³/mol. The number of hydrogen-bond donors (Lipinski definition) is 1. The standard InChI is InChI=1S/C17H20ClN3O3S/c1-13-5-6-15(10-16(13)18)21(25(2,23)24)9-7-17(22)20-12-14-4-3-8-19-11-14/h3-6,8,10-11H,7,9,12H2,1-2H3,(H,20,22). The molecular formula is C17H20ClN3O3S. The fourth-order valence-electron chi connectivity index (χ4n) is 2.22. The summed E-state index contributed by atoms with van der Waals surface area (Å²) < 4.78 is 25.3. The van der Waals surface area contributed by atoms with Crippen molar-refractivity contribution >= 4 is 33.2 Å². The Balaban J connectivity index is 2.00. The molecule has 2 aromatic rings. The Kier molecular flexibility index (Phi) is 6.39. The lowest BCUT2D eigenvalue weighted by atomic mass is 10.2. The van der Waals surface area contributed by atoms with Crippen molar-refractivity contribution in [3.63, 3.8) is 0 Å². The van der Waals surface area contributed by atoms with Gasteiger partial charge in [0.2, 0.25) is 15.9 Å². The number of aryl methyl sites for hydroxylation is 1. The van der Waals surface area contributed by atoms with Gasteiger partial charge in [-0.2, -0.15) is 0 Å². The number of rotatable bonds is 7. The minimum absolute atomic E-state index is 0.0388. The van der Waals surface area contributed by atoms with E-state index < -0.39 is 10.0 Å². The van der Waals surface area contributed by atoms with Crippen LogP contribution in [0, 0.1) is 6.92 Å². The molecule has 1 aromatic carbocycles. The minimum atomic E-state index is -3.53. The first-order valence-corrected chi connectivity index (χ1v) is 9.89. The quantitative estimate of drug-likeness (QED) is 0.799. The number of anilines is 1. The van der Waals surface area contributed by atoms with Crippen molar-refractivity contribution in [1.29, 1.82) is 0 Å². The van der Waals surface area contributed by atoms with Crippen molar-refractivity contribution in [2.75, 3.05) is 17.1 Å². The Morgan fingerprint density at radius 2 is 2.08 bits per heavy atom. The Morgan fingerprint density at radius 1 is 1.32 bits per heavy atom. The highest BCUT2D eigenvalue weighted by atomic mass is 35.5. The van der Waals surface area contributed by atoms with Crippen LogP contribution in [0.2, 0.25) is 5.02 Å². The van der Waals surface area contributed by atoms with Crippen molar-refractivity contribution in [2.24, 2.45) is 0 Å². The van der Waals surface area contributed by atoms with Crippen LogP contribution in [-0.2, 0) is 21.4 Å². The van der Waals surface area contributed by atoms with E-state index in [0.717, 1.165) is 17.4 Å². The van der Waals surface area contributed by atoms with Gasteiger partial charge in [-0.25, -0.2) is 8.42 Å². The first-order chi connectivity index (χ1) is 11.8. The van der Waals surface area contributed by atoms with Gasteiger partial charge in [-0.3, -0.25) is 14.1 Å². The molecule has 0 spiro atoms. The van der Waals surface area contributed by atoms with Gasteiger partial charge in [-0.1, -0.05) is 23.7 Å². The van der Waals surface area contributed by atoms with E-state index in [1.165, 1.54) is 4.31 Å². The summed E-state index contributed by atoms with van der Waals surface area (Å²) in [7, 11) is -3.53. The van der Waals surface area contributed by atoms with E-state index in [9.17, 15) is 13.2 Å². The number of hydrogen-bond acceptors (Lipinski definition) is 4. The molecule has 1 N–H and O–H groups in total. The summed E-state index contributed by atoms with van der Waals surface area (Å²) in [6.45, 7) is 2.22. The Hall–Kier alpha value is -2.12. The smallest absolute Gasteiger partial charge is 0.232 e. The van der Waals surface area contributed by atoms with Gasteiger partial charge in [-0.05, 0) is 36.2 Å². The van der Waals surface area contributed by atoms with Crippen LogP contribution in [0.3, 0.4) is 0 Å². The molecule has 0 aliphatic carbocycles. The fourth-order valence-corrected chi connectivity index (χ4v) is 3.31. The second kappa shape index (κ2) is 8.31. The molecule has 25 heavy (non-hydrogen) atoms. The van der Waals surface area contributed by atoms with Gasteiger partial charge in [0.15, 0.2) is 0 Å². The molecule has 0 radical (unpaired) electrons. The maximum Gasteiger partial charge on any atom is 0.232 e. The van der Waals surface area contributed by atoms with E-state index in [1.807, 2.05) is 13.0 Å². The molecule has 0 aliphatic heterocycles. The number of carbonyl (C=O) groups excluding carboxylic acids is 1. The first-order valence-electron chi connectivity index (χ1n) is 7.67. The second-order valence-electron chi connectivity index (χ2n) is 5.66. The van der Waals surface area contributed by atoms with E-state index in [-0.39, 0.29) is 18.9 Å². The van der Waals surface area contributed by atoms with Crippen LogP contribution in [0.25, 0.3) is 0 Å². The molecule has 1 amide bonds. The van der Waals surface area contributed by atoms with Gasteiger partial charge in [0.05, 0.1) is 11.9 Å². The normalized spacial score (nSPS) is 11.2. The average molecular weight is 382 g/mol. The first kappa shape index (κ1) is 19.2. The molecule has 1 heterocycles. The molecular weight excluding hydrogens is 362 g/mol. The lowest BCUT2D eigenvalue weighted by Gasteiger charge is -2.22. The zero-order valence-corrected chi connectivity index (χ0v) is 15.6. The highest BCUT2D eigenvalue weighted by molar-refractivity contribution is 7.92. The predicted octanol–water partition coefficient (Wildman–Crippen LogP) is 2.52. The van der Waals surface area contributed by atoms with Crippen molar-refractivity contribution in [2.45, 2.75) is 19.9 Å². The summed E-state index contributed by atoms with van der Waals surface area (Å²) in [6, 6.07) is 8.65. The zero-order chi connectivity index (χ0) is 18.4.